The Morgan fingerprint density at radius 3 is 3.08 bits per heavy atom. The van der Waals surface area contributed by atoms with E-state index in [9.17, 15) is 9.59 Å². The second-order valence-corrected chi connectivity index (χ2v) is 8.25. The zero-order valence-electron chi connectivity index (χ0n) is 14.1. The first-order valence-electron chi connectivity index (χ1n) is 8.50. The number of H-pyrrole nitrogens is 1. The van der Waals surface area contributed by atoms with Gasteiger partial charge in [-0.05, 0) is 25.0 Å². The van der Waals surface area contributed by atoms with Crippen LogP contribution in [0.25, 0.3) is 10.2 Å². The van der Waals surface area contributed by atoms with Crippen LogP contribution in [0.3, 0.4) is 0 Å². The lowest BCUT2D eigenvalue weighted by Gasteiger charge is -2.31. The molecule has 0 unspecified atom stereocenters. The Hall–Kier alpha value is -2.19. The minimum Gasteiger partial charge on any atom is -0.341 e. The number of amides is 1. The average molecular weight is 387 g/mol. The molecule has 0 aliphatic carbocycles. The first kappa shape index (κ1) is 17.2. The number of carbonyl (C=O) groups is 1. The van der Waals surface area contributed by atoms with Gasteiger partial charge in [-0.2, -0.15) is 0 Å². The van der Waals surface area contributed by atoms with Gasteiger partial charge in [0.1, 0.15) is 0 Å². The normalized spacial score (nSPS) is 17.5. The molecule has 1 amide bonds. The molecule has 0 spiro atoms. The van der Waals surface area contributed by atoms with E-state index in [2.05, 4.69) is 16.0 Å². The van der Waals surface area contributed by atoms with Gasteiger partial charge in [0.05, 0.1) is 21.0 Å². The molecular formula is C18H18N4O2S2. The highest BCUT2D eigenvalue weighted by Gasteiger charge is 2.27. The van der Waals surface area contributed by atoms with Crippen LogP contribution in [-0.2, 0) is 4.79 Å². The topological polar surface area (TPSA) is 79.0 Å². The maximum atomic E-state index is 12.6. The van der Waals surface area contributed by atoms with Gasteiger partial charge in [-0.25, -0.2) is 9.97 Å². The molecule has 1 aliphatic heterocycles. The number of nitrogens with zero attached hydrogens (tertiary/aromatic N) is 3. The highest BCUT2D eigenvalue weighted by atomic mass is 32.2. The Kier molecular flexibility index (Phi) is 5.03. The number of hydrogen-bond donors (Lipinski definition) is 1. The Morgan fingerprint density at radius 2 is 2.23 bits per heavy atom. The van der Waals surface area contributed by atoms with Gasteiger partial charge in [0.25, 0.3) is 5.56 Å². The smallest absolute Gasteiger partial charge is 0.251 e. The predicted molar refractivity (Wildman–Crippen MR) is 104 cm³/mol. The Balaban J connectivity index is 1.41. The largest absolute Gasteiger partial charge is 0.341 e. The lowest BCUT2D eigenvalue weighted by molar-refractivity contribution is -0.129. The summed E-state index contributed by atoms with van der Waals surface area (Å²) in [5, 5.41) is 1.59. The van der Waals surface area contributed by atoms with Gasteiger partial charge < -0.3 is 9.88 Å². The molecule has 26 heavy (non-hydrogen) atoms. The number of fused-ring (bicyclic) bond motifs is 1. The van der Waals surface area contributed by atoms with E-state index in [1.807, 2.05) is 23.1 Å². The number of hydrogen-bond acceptors (Lipinski definition) is 6. The van der Waals surface area contributed by atoms with Crippen molar-refractivity contribution in [1.82, 2.24) is 19.9 Å². The van der Waals surface area contributed by atoms with E-state index in [1.54, 1.807) is 11.3 Å². The zero-order chi connectivity index (χ0) is 17.9. The number of benzene rings is 1. The van der Waals surface area contributed by atoms with Crippen molar-refractivity contribution in [3.63, 3.8) is 0 Å². The lowest BCUT2D eigenvalue weighted by atomic mass is 9.99. The number of thioether (sulfide) groups is 1. The van der Waals surface area contributed by atoms with E-state index >= 15 is 0 Å². The van der Waals surface area contributed by atoms with E-state index in [0.29, 0.717) is 17.6 Å². The van der Waals surface area contributed by atoms with Gasteiger partial charge in [0.2, 0.25) is 5.91 Å². The third-order valence-electron chi connectivity index (χ3n) is 4.41. The molecule has 1 fully saturated rings. The predicted octanol–water partition coefficient (Wildman–Crippen LogP) is 2.88. The minimum absolute atomic E-state index is 0.0762. The molecule has 6 nitrogen and oxygen atoms in total. The summed E-state index contributed by atoms with van der Waals surface area (Å²) in [4.78, 5) is 37.2. The van der Waals surface area contributed by atoms with Gasteiger partial charge in [-0.15, -0.1) is 11.3 Å². The molecule has 1 atom stereocenters. The quantitative estimate of drug-likeness (QED) is 0.551. The number of para-hydroxylation sites is 1. The van der Waals surface area contributed by atoms with E-state index in [1.165, 1.54) is 28.7 Å². The summed E-state index contributed by atoms with van der Waals surface area (Å²) in [7, 11) is 0. The molecule has 134 valence electrons. The number of aromatic amines is 1. The Morgan fingerprint density at radius 1 is 1.35 bits per heavy atom. The summed E-state index contributed by atoms with van der Waals surface area (Å²) in [6.07, 6.45) is 3.50. The number of rotatable bonds is 4. The fraction of sp³-hybridized carbons (Fsp3) is 0.333. The molecule has 1 N–H and O–H groups in total. The van der Waals surface area contributed by atoms with Crippen molar-refractivity contribution in [3.8, 4) is 0 Å². The van der Waals surface area contributed by atoms with E-state index in [-0.39, 0.29) is 17.2 Å². The average Bonchev–Trinajstić information content (AvgIpc) is 3.10. The monoisotopic (exact) mass is 386 g/mol. The highest BCUT2D eigenvalue weighted by molar-refractivity contribution is 7.99. The van der Waals surface area contributed by atoms with Crippen molar-refractivity contribution in [1.29, 1.82) is 0 Å². The Labute approximate surface area is 158 Å². The highest BCUT2D eigenvalue weighted by Crippen LogP contribution is 2.33. The molecule has 8 heteroatoms. The zero-order valence-corrected chi connectivity index (χ0v) is 15.7. The fourth-order valence-electron chi connectivity index (χ4n) is 3.12. The molecule has 0 saturated carbocycles. The molecule has 1 saturated heterocycles. The SMILES string of the molecule is O=C(CSc1nccc(=O)[nH]1)N1CCC[C@H](c2nc3ccccc3s2)C1. The van der Waals surface area contributed by atoms with Gasteiger partial charge in [0.15, 0.2) is 5.16 Å². The fourth-order valence-corrected chi connectivity index (χ4v) is 4.96. The molecule has 2 aromatic heterocycles. The lowest BCUT2D eigenvalue weighted by Crippen LogP contribution is -2.40. The van der Waals surface area contributed by atoms with Crippen LogP contribution in [-0.4, -0.2) is 44.6 Å². The summed E-state index contributed by atoms with van der Waals surface area (Å²) in [5.74, 6) is 0.650. The second-order valence-electron chi connectivity index (χ2n) is 6.23. The molecule has 0 bridgehead atoms. The summed E-state index contributed by atoms with van der Waals surface area (Å²) in [6, 6.07) is 9.51. The number of aromatic nitrogens is 3. The first-order chi connectivity index (χ1) is 12.7. The molecular weight excluding hydrogens is 368 g/mol. The summed E-state index contributed by atoms with van der Waals surface area (Å²) >= 11 is 2.99. The minimum atomic E-state index is -0.205. The number of nitrogens with one attached hydrogen (secondary N) is 1. The van der Waals surface area contributed by atoms with Crippen molar-refractivity contribution in [2.75, 3.05) is 18.8 Å². The summed E-state index contributed by atoms with van der Waals surface area (Å²) < 4.78 is 1.20. The van der Waals surface area contributed by atoms with Crippen molar-refractivity contribution >= 4 is 39.2 Å². The van der Waals surface area contributed by atoms with Gasteiger partial charge in [-0.3, -0.25) is 9.59 Å². The van der Waals surface area contributed by atoms with E-state index in [0.717, 1.165) is 29.9 Å². The van der Waals surface area contributed by atoms with Crippen LogP contribution in [0.2, 0.25) is 0 Å². The third kappa shape index (κ3) is 3.81. The molecule has 1 aromatic carbocycles. The van der Waals surface area contributed by atoms with Crippen molar-refractivity contribution < 1.29 is 4.79 Å². The van der Waals surface area contributed by atoms with Crippen molar-refractivity contribution in [2.24, 2.45) is 0 Å². The third-order valence-corrected chi connectivity index (χ3v) is 6.49. The maximum absolute atomic E-state index is 12.6. The van der Waals surface area contributed by atoms with E-state index < -0.39 is 0 Å². The Bertz CT molecular complexity index is 951. The van der Waals surface area contributed by atoms with Crippen LogP contribution < -0.4 is 5.56 Å². The molecule has 4 rings (SSSR count). The first-order valence-corrected chi connectivity index (χ1v) is 10.3. The summed E-state index contributed by atoms with van der Waals surface area (Å²) in [6.45, 7) is 1.48. The van der Waals surface area contributed by atoms with Crippen LogP contribution in [0.15, 0.2) is 46.5 Å². The van der Waals surface area contributed by atoms with Crippen LogP contribution in [0, 0.1) is 0 Å². The molecule has 0 radical (unpaired) electrons. The van der Waals surface area contributed by atoms with E-state index in [4.69, 9.17) is 4.98 Å². The maximum Gasteiger partial charge on any atom is 0.251 e. The number of thiazole rings is 1. The van der Waals surface area contributed by atoms with Crippen LogP contribution in [0.1, 0.15) is 23.8 Å². The molecule has 3 heterocycles. The molecule has 3 aromatic rings. The van der Waals surface area contributed by atoms with Crippen molar-refractivity contribution in [2.45, 2.75) is 23.9 Å². The van der Waals surface area contributed by atoms with Gasteiger partial charge in [-0.1, -0.05) is 23.9 Å². The van der Waals surface area contributed by atoms with Crippen LogP contribution in [0.5, 0.6) is 0 Å². The van der Waals surface area contributed by atoms with Crippen LogP contribution in [0.4, 0.5) is 0 Å². The number of piperidine rings is 1. The van der Waals surface area contributed by atoms with Crippen LogP contribution >= 0.6 is 23.1 Å². The number of carbonyl (C=O) groups excluding carboxylic acids is 1. The van der Waals surface area contributed by atoms with Gasteiger partial charge >= 0.3 is 0 Å². The van der Waals surface area contributed by atoms with Crippen molar-refractivity contribution in [3.05, 3.63) is 51.9 Å². The molecule has 1 aliphatic rings. The number of likely N-dealkylation sites (tertiary alicyclic amines) is 1. The second kappa shape index (κ2) is 7.59. The summed E-state index contributed by atoms with van der Waals surface area (Å²) in [5.41, 5.74) is 0.828. The van der Waals surface area contributed by atoms with Gasteiger partial charge in [0, 0.05) is 31.3 Å². The standard InChI is InChI=1S/C18H18N4O2S2/c23-15-7-8-19-18(21-15)25-11-16(24)22-9-3-4-12(10-22)17-20-13-5-1-2-6-14(13)26-17/h1-2,5-8,12H,3-4,9-11H2,(H,19,21,23)/t12-/m0/s1.